The summed E-state index contributed by atoms with van der Waals surface area (Å²) in [5.74, 6) is 0.145. The van der Waals surface area contributed by atoms with Gasteiger partial charge in [-0.2, -0.15) is 0 Å². The summed E-state index contributed by atoms with van der Waals surface area (Å²) >= 11 is 0. The lowest BCUT2D eigenvalue weighted by molar-refractivity contribution is 0.101. The molecule has 0 radical (unpaired) electrons. The van der Waals surface area contributed by atoms with Crippen molar-refractivity contribution in [2.45, 2.75) is 37.8 Å². The van der Waals surface area contributed by atoms with Gasteiger partial charge in [-0.05, 0) is 32.4 Å². The molecule has 2 aliphatic heterocycles. The van der Waals surface area contributed by atoms with Crippen LogP contribution in [0.4, 0.5) is 4.79 Å². The van der Waals surface area contributed by atoms with Gasteiger partial charge in [-0.1, -0.05) is 6.42 Å². The largest absolute Gasteiger partial charge is 0.390 e. The molecule has 0 aromatic rings. The number of β-amino-alcohol motifs (C(OH)–C–C–N with tert-alkyl or cyclic N) is 1. The fourth-order valence-corrected chi connectivity index (χ4v) is 4.53. The molecule has 2 fully saturated rings. The highest BCUT2D eigenvalue weighted by atomic mass is 32.2. The van der Waals surface area contributed by atoms with Gasteiger partial charge in [-0.3, -0.25) is 0 Å². The Labute approximate surface area is 126 Å². The van der Waals surface area contributed by atoms with Crippen LogP contribution >= 0.6 is 0 Å². The number of likely N-dealkylation sites (tertiary alicyclic amines) is 1. The number of hydrogen-bond acceptors (Lipinski definition) is 5. The third-order valence-corrected chi connectivity index (χ3v) is 5.75. The first-order valence-corrected chi connectivity index (χ1v) is 9.42. The Kier molecular flexibility index (Phi) is 5.83. The molecule has 7 nitrogen and oxygen atoms in total. The van der Waals surface area contributed by atoms with Crippen molar-refractivity contribution >= 4 is 15.9 Å². The average Bonchev–Trinajstić information content (AvgIpc) is 2.77. The van der Waals surface area contributed by atoms with Gasteiger partial charge in [0.15, 0.2) is 9.84 Å². The second-order valence-corrected chi connectivity index (χ2v) is 8.20. The van der Waals surface area contributed by atoms with E-state index in [-0.39, 0.29) is 24.1 Å². The molecule has 0 aromatic carbocycles. The molecule has 0 unspecified atom stereocenters. The van der Waals surface area contributed by atoms with Crippen LogP contribution < -0.4 is 10.6 Å². The van der Waals surface area contributed by atoms with Gasteiger partial charge >= 0.3 is 6.03 Å². The molecule has 2 heterocycles. The zero-order chi connectivity index (χ0) is 15.3. The number of piperidine rings is 1. The second kappa shape index (κ2) is 7.42. The van der Waals surface area contributed by atoms with E-state index in [1.165, 1.54) is 6.42 Å². The summed E-state index contributed by atoms with van der Waals surface area (Å²) in [6.45, 7) is 2.76. The maximum Gasteiger partial charge on any atom is 0.315 e. The third kappa shape index (κ3) is 5.80. The molecule has 21 heavy (non-hydrogen) atoms. The molecule has 0 aliphatic carbocycles. The smallest absolute Gasteiger partial charge is 0.315 e. The Bertz CT molecular complexity index is 448. The Morgan fingerprint density at radius 1 is 1.29 bits per heavy atom. The van der Waals surface area contributed by atoms with E-state index in [1.807, 2.05) is 0 Å². The zero-order valence-electron chi connectivity index (χ0n) is 12.3. The van der Waals surface area contributed by atoms with Gasteiger partial charge in [0.1, 0.15) is 0 Å². The van der Waals surface area contributed by atoms with Crippen LogP contribution in [-0.4, -0.2) is 74.3 Å². The van der Waals surface area contributed by atoms with E-state index in [1.54, 1.807) is 0 Å². The summed E-state index contributed by atoms with van der Waals surface area (Å²) in [6.07, 6.45) is 3.44. The van der Waals surface area contributed by atoms with Crippen molar-refractivity contribution in [3.63, 3.8) is 0 Å². The summed E-state index contributed by atoms with van der Waals surface area (Å²) < 4.78 is 22.6. The lowest BCUT2D eigenvalue weighted by Crippen LogP contribution is -2.47. The predicted molar refractivity (Wildman–Crippen MR) is 79.9 cm³/mol. The van der Waals surface area contributed by atoms with Crippen molar-refractivity contribution in [1.82, 2.24) is 15.5 Å². The minimum Gasteiger partial charge on any atom is -0.390 e. The molecule has 2 atom stereocenters. The molecule has 2 saturated heterocycles. The first-order valence-electron chi connectivity index (χ1n) is 7.60. The van der Waals surface area contributed by atoms with Crippen LogP contribution in [0, 0.1) is 0 Å². The number of aliphatic hydroxyl groups excluding tert-OH is 1. The van der Waals surface area contributed by atoms with Crippen molar-refractivity contribution < 1.29 is 18.3 Å². The van der Waals surface area contributed by atoms with Gasteiger partial charge in [-0.25, -0.2) is 13.2 Å². The maximum atomic E-state index is 11.7. The van der Waals surface area contributed by atoms with E-state index in [0.717, 1.165) is 25.9 Å². The first kappa shape index (κ1) is 16.5. The van der Waals surface area contributed by atoms with Gasteiger partial charge in [0.2, 0.25) is 0 Å². The van der Waals surface area contributed by atoms with Crippen molar-refractivity contribution in [3.05, 3.63) is 0 Å². The predicted octanol–water partition coefficient (Wildman–Crippen LogP) is -0.680. The van der Waals surface area contributed by atoms with Crippen LogP contribution in [0.15, 0.2) is 0 Å². The normalized spacial score (nSPS) is 27.2. The molecule has 122 valence electrons. The topological polar surface area (TPSA) is 98.7 Å². The summed E-state index contributed by atoms with van der Waals surface area (Å²) in [6, 6.07) is -0.718. The van der Waals surface area contributed by atoms with Crippen LogP contribution in [0.5, 0.6) is 0 Å². The number of nitrogens with one attached hydrogen (secondary N) is 2. The third-order valence-electron chi connectivity index (χ3n) is 3.98. The standard InChI is InChI=1S/C13H25N3O4S/c17-12(9-16-5-2-1-3-6-16)8-14-13(18)15-11-4-7-21(19,20)10-11/h11-12,17H,1-10H2,(H2,14,15,18)/t11-,12+/m0/s1. The zero-order valence-corrected chi connectivity index (χ0v) is 13.1. The molecule has 0 spiro atoms. The number of hydrogen-bond donors (Lipinski definition) is 3. The van der Waals surface area contributed by atoms with Gasteiger partial charge in [0.25, 0.3) is 0 Å². The highest BCUT2D eigenvalue weighted by Crippen LogP contribution is 2.11. The van der Waals surface area contributed by atoms with E-state index in [4.69, 9.17) is 0 Å². The molecule has 0 aromatic heterocycles. The van der Waals surface area contributed by atoms with Crippen LogP contribution in [0.3, 0.4) is 0 Å². The van der Waals surface area contributed by atoms with E-state index in [2.05, 4.69) is 15.5 Å². The lowest BCUT2D eigenvalue weighted by Gasteiger charge is -2.28. The lowest BCUT2D eigenvalue weighted by atomic mass is 10.1. The Balaban J connectivity index is 1.62. The number of sulfone groups is 1. The molecular formula is C13H25N3O4S. The highest BCUT2D eigenvalue weighted by Gasteiger charge is 2.28. The Morgan fingerprint density at radius 2 is 2.00 bits per heavy atom. The van der Waals surface area contributed by atoms with Crippen LogP contribution in [0.2, 0.25) is 0 Å². The number of nitrogens with zero attached hydrogens (tertiary/aromatic N) is 1. The number of amides is 2. The van der Waals surface area contributed by atoms with Crippen LogP contribution in [0.25, 0.3) is 0 Å². The van der Waals surface area contributed by atoms with Gasteiger partial charge in [0, 0.05) is 19.1 Å². The SMILES string of the molecule is O=C(NC[C@@H](O)CN1CCCCC1)N[C@H]1CCS(=O)(=O)C1. The van der Waals surface area contributed by atoms with Crippen molar-refractivity contribution in [2.75, 3.05) is 37.7 Å². The molecule has 8 heteroatoms. The van der Waals surface area contributed by atoms with Crippen LogP contribution in [0.1, 0.15) is 25.7 Å². The number of carbonyl (C=O) groups is 1. The van der Waals surface area contributed by atoms with Crippen LogP contribution in [-0.2, 0) is 9.84 Å². The minimum atomic E-state index is -2.99. The summed E-state index contributed by atoms with van der Waals surface area (Å²) in [4.78, 5) is 13.9. The number of aliphatic hydroxyl groups is 1. The molecule has 3 N–H and O–H groups in total. The highest BCUT2D eigenvalue weighted by molar-refractivity contribution is 7.91. The van der Waals surface area contributed by atoms with E-state index < -0.39 is 22.0 Å². The molecular weight excluding hydrogens is 294 g/mol. The van der Waals surface area contributed by atoms with Crippen molar-refractivity contribution in [3.8, 4) is 0 Å². The molecule has 2 amide bonds. The number of carbonyl (C=O) groups excluding carboxylic acids is 1. The fourth-order valence-electron chi connectivity index (χ4n) is 2.86. The van der Waals surface area contributed by atoms with E-state index in [9.17, 15) is 18.3 Å². The molecule has 0 saturated carbocycles. The van der Waals surface area contributed by atoms with Gasteiger partial charge < -0.3 is 20.6 Å². The Morgan fingerprint density at radius 3 is 2.62 bits per heavy atom. The fraction of sp³-hybridized carbons (Fsp3) is 0.923. The molecule has 0 bridgehead atoms. The van der Waals surface area contributed by atoms with E-state index >= 15 is 0 Å². The monoisotopic (exact) mass is 319 g/mol. The number of urea groups is 1. The van der Waals surface area contributed by atoms with E-state index in [0.29, 0.717) is 13.0 Å². The minimum absolute atomic E-state index is 0.0107. The summed E-state index contributed by atoms with van der Waals surface area (Å²) in [5, 5.41) is 15.2. The van der Waals surface area contributed by atoms with Gasteiger partial charge in [0.05, 0.1) is 17.6 Å². The molecule has 2 aliphatic rings. The first-order chi connectivity index (χ1) is 9.94. The van der Waals surface area contributed by atoms with Gasteiger partial charge in [-0.15, -0.1) is 0 Å². The maximum absolute atomic E-state index is 11.7. The van der Waals surface area contributed by atoms with Crippen molar-refractivity contribution in [2.24, 2.45) is 0 Å². The molecule has 2 rings (SSSR count). The second-order valence-electron chi connectivity index (χ2n) is 5.97. The summed E-state index contributed by atoms with van der Waals surface area (Å²) in [7, 11) is -2.99. The number of rotatable bonds is 5. The Hall–Kier alpha value is -0.860. The van der Waals surface area contributed by atoms with Crippen molar-refractivity contribution in [1.29, 1.82) is 0 Å². The summed E-state index contributed by atoms with van der Waals surface area (Å²) in [5.41, 5.74) is 0. The quantitative estimate of drug-likeness (QED) is 0.624. The average molecular weight is 319 g/mol.